The summed E-state index contributed by atoms with van der Waals surface area (Å²) in [4.78, 5) is 19.3. The van der Waals surface area contributed by atoms with Gasteiger partial charge in [-0.2, -0.15) is 0 Å². The smallest absolute Gasteiger partial charge is 0.341 e. The lowest BCUT2D eigenvalue weighted by Crippen LogP contribution is -1.98. The van der Waals surface area contributed by atoms with Gasteiger partial charge >= 0.3 is 5.97 Å². The molecule has 0 atom stereocenters. The fraction of sp³-hybridized carbons (Fsp3) is 0. The van der Waals surface area contributed by atoms with Gasteiger partial charge in [0.2, 0.25) is 5.71 Å². The number of hydrogen-bond donors (Lipinski definition) is 1. The molecule has 5 nitrogen and oxygen atoms in total. The number of aromatic nitrogens is 2. The van der Waals surface area contributed by atoms with Crippen LogP contribution in [0.4, 0.5) is 0 Å². The van der Waals surface area contributed by atoms with E-state index in [-0.39, 0.29) is 27.7 Å². The Morgan fingerprint density at radius 2 is 2.00 bits per heavy atom. The SMILES string of the molecule is O=C(O)c1c(-c2ccccc2)oc2ncc(Cl)nc12. The fourth-order valence-corrected chi connectivity index (χ4v) is 1.97. The summed E-state index contributed by atoms with van der Waals surface area (Å²) in [5, 5.41) is 9.45. The third-order valence-corrected chi connectivity index (χ3v) is 2.80. The molecule has 0 aliphatic heterocycles. The fourth-order valence-electron chi connectivity index (χ4n) is 1.84. The maximum atomic E-state index is 11.4. The van der Waals surface area contributed by atoms with Crippen LogP contribution in [0.1, 0.15) is 10.4 Å². The Morgan fingerprint density at radius 1 is 1.26 bits per heavy atom. The van der Waals surface area contributed by atoms with E-state index in [1.165, 1.54) is 6.20 Å². The first kappa shape index (κ1) is 11.7. The number of carbonyl (C=O) groups is 1. The molecule has 3 aromatic rings. The van der Waals surface area contributed by atoms with E-state index in [4.69, 9.17) is 16.0 Å². The van der Waals surface area contributed by atoms with Crippen LogP contribution in [0.5, 0.6) is 0 Å². The molecule has 0 saturated heterocycles. The number of hydrogen-bond acceptors (Lipinski definition) is 4. The first-order valence-electron chi connectivity index (χ1n) is 5.40. The van der Waals surface area contributed by atoms with Crippen molar-refractivity contribution in [1.82, 2.24) is 9.97 Å². The van der Waals surface area contributed by atoms with Gasteiger partial charge in [-0.05, 0) is 0 Å². The predicted molar refractivity (Wildman–Crippen MR) is 69.2 cm³/mol. The molecule has 0 spiro atoms. The number of benzene rings is 1. The molecular formula is C13H7ClN2O3. The summed E-state index contributed by atoms with van der Waals surface area (Å²) in [7, 11) is 0. The van der Waals surface area contributed by atoms with Crippen molar-refractivity contribution in [2.75, 3.05) is 0 Å². The van der Waals surface area contributed by atoms with Crippen molar-refractivity contribution in [3.05, 3.63) is 47.2 Å². The van der Waals surface area contributed by atoms with Gasteiger partial charge in [0.15, 0.2) is 5.76 Å². The lowest BCUT2D eigenvalue weighted by molar-refractivity contribution is 0.0699. The van der Waals surface area contributed by atoms with Crippen LogP contribution >= 0.6 is 11.6 Å². The van der Waals surface area contributed by atoms with Crippen LogP contribution in [0.25, 0.3) is 22.6 Å². The van der Waals surface area contributed by atoms with Gasteiger partial charge in [-0.25, -0.2) is 14.8 Å². The van der Waals surface area contributed by atoms with Gasteiger partial charge < -0.3 is 9.52 Å². The zero-order valence-electron chi connectivity index (χ0n) is 9.50. The van der Waals surface area contributed by atoms with Crippen molar-refractivity contribution in [3.8, 4) is 11.3 Å². The van der Waals surface area contributed by atoms with Crippen molar-refractivity contribution in [3.63, 3.8) is 0 Å². The highest BCUT2D eigenvalue weighted by Crippen LogP contribution is 2.32. The minimum atomic E-state index is -1.13. The molecule has 0 amide bonds. The molecule has 19 heavy (non-hydrogen) atoms. The lowest BCUT2D eigenvalue weighted by atomic mass is 10.1. The molecule has 2 aromatic heterocycles. The van der Waals surface area contributed by atoms with Crippen molar-refractivity contribution in [1.29, 1.82) is 0 Å². The van der Waals surface area contributed by atoms with Crippen LogP contribution in [-0.4, -0.2) is 21.0 Å². The molecular weight excluding hydrogens is 268 g/mol. The molecule has 2 heterocycles. The summed E-state index contributed by atoms with van der Waals surface area (Å²) >= 11 is 5.74. The number of rotatable bonds is 2. The van der Waals surface area contributed by atoms with Crippen molar-refractivity contribution in [2.24, 2.45) is 0 Å². The first-order chi connectivity index (χ1) is 9.16. The van der Waals surface area contributed by atoms with Crippen molar-refractivity contribution in [2.45, 2.75) is 0 Å². The highest BCUT2D eigenvalue weighted by Gasteiger charge is 2.23. The van der Waals surface area contributed by atoms with Crippen LogP contribution in [0.2, 0.25) is 5.15 Å². The Balaban J connectivity index is 2.36. The second kappa shape index (κ2) is 4.37. The second-order valence-corrected chi connectivity index (χ2v) is 4.21. The third-order valence-electron chi connectivity index (χ3n) is 2.62. The minimum absolute atomic E-state index is 0.0313. The summed E-state index contributed by atoms with van der Waals surface area (Å²) in [5.41, 5.74) is 0.923. The van der Waals surface area contributed by atoms with Gasteiger partial charge in [0.05, 0.1) is 6.20 Å². The van der Waals surface area contributed by atoms with Gasteiger partial charge in [0.25, 0.3) is 0 Å². The quantitative estimate of drug-likeness (QED) is 0.776. The second-order valence-electron chi connectivity index (χ2n) is 3.82. The number of furan rings is 1. The number of nitrogens with zero attached hydrogens (tertiary/aromatic N) is 2. The van der Waals surface area contributed by atoms with Crippen LogP contribution in [-0.2, 0) is 0 Å². The summed E-state index contributed by atoms with van der Waals surface area (Å²) in [6.07, 6.45) is 1.31. The number of fused-ring (bicyclic) bond motifs is 1. The largest absolute Gasteiger partial charge is 0.477 e. The van der Waals surface area contributed by atoms with E-state index in [9.17, 15) is 9.90 Å². The van der Waals surface area contributed by atoms with Crippen molar-refractivity contribution >= 4 is 28.8 Å². The van der Waals surface area contributed by atoms with E-state index in [1.807, 2.05) is 6.07 Å². The molecule has 0 aliphatic carbocycles. The van der Waals surface area contributed by atoms with Crippen LogP contribution in [0, 0.1) is 0 Å². The normalized spacial score (nSPS) is 10.8. The molecule has 0 radical (unpaired) electrons. The molecule has 1 N–H and O–H groups in total. The molecule has 0 unspecified atom stereocenters. The van der Waals surface area contributed by atoms with Gasteiger partial charge in [0.1, 0.15) is 16.2 Å². The number of aromatic carboxylic acids is 1. The van der Waals surface area contributed by atoms with E-state index >= 15 is 0 Å². The summed E-state index contributed by atoms with van der Waals surface area (Å²) in [5.74, 6) is -0.903. The van der Waals surface area contributed by atoms with Gasteiger partial charge in [-0.3, -0.25) is 0 Å². The van der Waals surface area contributed by atoms with E-state index in [0.29, 0.717) is 5.56 Å². The molecule has 6 heteroatoms. The highest BCUT2D eigenvalue weighted by molar-refractivity contribution is 6.29. The highest BCUT2D eigenvalue weighted by atomic mass is 35.5. The first-order valence-corrected chi connectivity index (χ1v) is 5.78. The topological polar surface area (TPSA) is 76.2 Å². The molecule has 1 aromatic carbocycles. The van der Waals surface area contributed by atoms with Crippen LogP contribution < -0.4 is 0 Å². The number of carboxylic acid groups (broad SMARTS) is 1. The maximum Gasteiger partial charge on any atom is 0.341 e. The maximum absolute atomic E-state index is 11.4. The molecule has 94 valence electrons. The van der Waals surface area contributed by atoms with Gasteiger partial charge in [0, 0.05) is 5.56 Å². The van der Waals surface area contributed by atoms with Gasteiger partial charge in [-0.1, -0.05) is 41.9 Å². The standard InChI is InChI=1S/C13H7ClN2O3/c14-8-6-15-12-10(16-8)9(13(17)18)11(19-12)7-4-2-1-3-5-7/h1-6H,(H,17,18). The lowest BCUT2D eigenvalue weighted by Gasteiger charge is -1.97. The third kappa shape index (κ3) is 1.94. The Hall–Kier alpha value is -2.40. The van der Waals surface area contributed by atoms with Crippen LogP contribution in [0.3, 0.4) is 0 Å². The summed E-state index contributed by atoms with van der Waals surface area (Å²) in [6, 6.07) is 8.93. The summed E-state index contributed by atoms with van der Waals surface area (Å²) in [6.45, 7) is 0. The Labute approximate surface area is 112 Å². The predicted octanol–water partition coefficient (Wildman–Crippen LogP) is 3.24. The van der Waals surface area contributed by atoms with E-state index in [2.05, 4.69) is 9.97 Å². The average Bonchev–Trinajstić information content (AvgIpc) is 2.78. The Kier molecular flexibility index (Phi) is 2.68. The van der Waals surface area contributed by atoms with E-state index < -0.39 is 5.97 Å². The molecule has 0 fully saturated rings. The zero-order chi connectivity index (χ0) is 13.4. The van der Waals surface area contributed by atoms with Gasteiger partial charge in [-0.15, -0.1) is 0 Å². The Morgan fingerprint density at radius 3 is 2.68 bits per heavy atom. The van der Waals surface area contributed by atoms with Crippen molar-refractivity contribution < 1.29 is 14.3 Å². The molecule has 0 bridgehead atoms. The van der Waals surface area contributed by atoms with E-state index in [1.54, 1.807) is 24.3 Å². The average molecular weight is 275 g/mol. The Bertz CT molecular complexity index is 768. The zero-order valence-corrected chi connectivity index (χ0v) is 10.3. The number of carboxylic acids is 1. The minimum Gasteiger partial charge on any atom is -0.477 e. The molecule has 3 rings (SSSR count). The van der Waals surface area contributed by atoms with E-state index in [0.717, 1.165) is 0 Å². The molecule has 0 saturated carbocycles. The summed E-state index contributed by atoms with van der Waals surface area (Å²) < 4.78 is 5.49. The number of halogens is 1. The van der Waals surface area contributed by atoms with Crippen LogP contribution in [0.15, 0.2) is 40.9 Å². The monoisotopic (exact) mass is 274 g/mol. The molecule has 0 aliphatic rings.